The van der Waals surface area contributed by atoms with Gasteiger partial charge in [-0.05, 0) is 60.7 Å². The molecular weight excluding hydrogens is 470 g/mol. The Kier molecular flexibility index (Phi) is 7.07. The monoisotopic (exact) mass is 509 g/mol. The predicted octanol–water partition coefficient (Wildman–Crippen LogP) is 2.99. The fourth-order valence-electron chi connectivity index (χ4n) is 8.36. The van der Waals surface area contributed by atoms with Crippen LogP contribution >= 0.6 is 0 Å². The molecule has 2 N–H and O–H groups in total. The quantitative estimate of drug-likeness (QED) is 0.504. The van der Waals surface area contributed by atoms with E-state index >= 15 is 0 Å². The summed E-state index contributed by atoms with van der Waals surface area (Å²) in [5, 5.41) is 2.52. The highest BCUT2D eigenvalue weighted by molar-refractivity contribution is 7.85. The van der Waals surface area contributed by atoms with Crippen LogP contribution in [0.1, 0.15) is 78.6 Å². The lowest BCUT2D eigenvalue weighted by atomic mass is 9.44. The molecule has 4 fully saturated rings. The Labute approximate surface area is 208 Å². The zero-order valence-electron chi connectivity index (χ0n) is 21.0. The SMILES string of the molecule is CC(CCC(=O)NCCS(=O)(=O)O)[C@H]1CC[C@H]2C3C(=O)CC4CC(=O)CC[C@]4(C)[C@H]3CC(=O)[C@]12C. The topological polar surface area (TPSA) is 135 Å². The van der Waals surface area contributed by atoms with Crippen molar-refractivity contribution in [2.75, 3.05) is 12.3 Å². The second-order valence-corrected chi connectivity index (χ2v) is 13.7. The highest BCUT2D eigenvalue weighted by Gasteiger charge is 2.66. The number of Topliss-reactive ketones (excluding diaryl/α,β-unsaturated/α-hetero) is 3. The van der Waals surface area contributed by atoms with Gasteiger partial charge in [-0.1, -0.05) is 20.8 Å². The zero-order chi connectivity index (χ0) is 25.8. The molecule has 0 aromatic heterocycles. The van der Waals surface area contributed by atoms with Crippen molar-refractivity contribution < 1.29 is 32.1 Å². The average Bonchev–Trinajstić information content (AvgIpc) is 3.12. The summed E-state index contributed by atoms with van der Waals surface area (Å²) in [6, 6.07) is 0. The maximum Gasteiger partial charge on any atom is 0.266 e. The molecule has 4 saturated carbocycles. The largest absolute Gasteiger partial charge is 0.355 e. The summed E-state index contributed by atoms with van der Waals surface area (Å²) >= 11 is 0. The number of nitrogens with one attached hydrogen (secondary N) is 1. The molecular formula is C26H39NO7S. The number of fused-ring (bicyclic) bond motifs is 5. The molecule has 0 saturated heterocycles. The zero-order valence-corrected chi connectivity index (χ0v) is 21.9. The van der Waals surface area contributed by atoms with Crippen LogP contribution < -0.4 is 5.32 Å². The first kappa shape index (κ1) is 26.5. The van der Waals surface area contributed by atoms with Gasteiger partial charge >= 0.3 is 0 Å². The molecule has 0 radical (unpaired) electrons. The minimum Gasteiger partial charge on any atom is -0.355 e. The predicted molar refractivity (Wildman–Crippen MR) is 129 cm³/mol. The summed E-state index contributed by atoms with van der Waals surface area (Å²) < 4.78 is 30.4. The molecule has 0 aliphatic heterocycles. The Morgan fingerprint density at radius 1 is 1.11 bits per heavy atom. The standard InChI is InChI=1S/C26H39NO7S/c1-15(4-7-23(31)27-10-11-35(32,33)34)18-5-6-19-24-20(14-22(30)26(18,19)3)25(2)9-8-17(28)12-16(25)13-21(24)29/h15-16,18-20,24H,4-14H2,1-3H3,(H,27,31)(H,32,33,34)/t15?,16?,18-,19+,20+,24?,25+,26-/m1/s1. The molecule has 1 amide bonds. The maximum atomic E-state index is 13.8. The van der Waals surface area contributed by atoms with Gasteiger partial charge in [0.05, 0.1) is 5.75 Å². The van der Waals surface area contributed by atoms with Crippen LogP contribution in [0.15, 0.2) is 0 Å². The van der Waals surface area contributed by atoms with Gasteiger partial charge in [0.15, 0.2) is 0 Å². The summed E-state index contributed by atoms with van der Waals surface area (Å²) in [7, 11) is -4.12. The van der Waals surface area contributed by atoms with E-state index in [4.69, 9.17) is 4.55 Å². The second kappa shape index (κ2) is 9.36. The van der Waals surface area contributed by atoms with Gasteiger partial charge < -0.3 is 5.32 Å². The molecule has 4 rings (SSSR count). The van der Waals surface area contributed by atoms with Crippen LogP contribution in [0.3, 0.4) is 0 Å². The lowest BCUT2D eigenvalue weighted by molar-refractivity contribution is -0.166. The normalized spacial score (nSPS) is 40.0. The number of hydrogen-bond acceptors (Lipinski definition) is 6. The molecule has 4 aliphatic carbocycles. The highest BCUT2D eigenvalue weighted by Crippen LogP contribution is 2.66. The van der Waals surface area contributed by atoms with E-state index in [2.05, 4.69) is 19.2 Å². The van der Waals surface area contributed by atoms with Gasteiger partial charge in [-0.25, -0.2) is 0 Å². The molecule has 35 heavy (non-hydrogen) atoms. The second-order valence-electron chi connectivity index (χ2n) is 12.1. The van der Waals surface area contributed by atoms with E-state index in [1.54, 1.807) is 0 Å². The molecule has 0 heterocycles. The number of amides is 1. The van der Waals surface area contributed by atoms with E-state index in [0.29, 0.717) is 32.1 Å². The molecule has 0 bridgehead atoms. The van der Waals surface area contributed by atoms with Crippen molar-refractivity contribution in [3.05, 3.63) is 0 Å². The van der Waals surface area contributed by atoms with Gasteiger partial charge in [0.2, 0.25) is 5.91 Å². The van der Waals surface area contributed by atoms with E-state index in [-0.39, 0.29) is 77.1 Å². The highest BCUT2D eigenvalue weighted by atomic mass is 32.2. The number of rotatable bonds is 7. The summed E-state index contributed by atoms with van der Waals surface area (Å²) in [6.45, 7) is 6.18. The Hall–Kier alpha value is -1.61. The Bertz CT molecular complexity index is 1020. The molecule has 196 valence electrons. The van der Waals surface area contributed by atoms with Crippen molar-refractivity contribution in [1.29, 1.82) is 0 Å². The fourth-order valence-corrected chi connectivity index (χ4v) is 8.72. The molecule has 0 aromatic rings. The molecule has 0 aromatic carbocycles. The van der Waals surface area contributed by atoms with Gasteiger partial charge in [0.1, 0.15) is 17.3 Å². The maximum absolute atomic E-state index is 13.8. The average molecular weight is 510 g/mol. The van der Waals surface area contributed by atoms with E-state index in [1.807, 2.05) is 6.92 Å². The summed E-state index contributed by atoms with van der Waals surface area (Å²) in [5.74, 6) is 0.108. The van der Waals surface area contributed by atoms with Crippen LogP contribution in [0.4, 0.5) is 0 Å². The van der Waals surface area contributed by atoms with E-state index in [9.17, 15) is 27.6 Å². The van der Waals surface area contributed by atoms with Crippen molar-refractivity contribution in [1.82, 2.24) is 5.32 Å². The summed E-state index contributed by atoms with van der Waals surface area (Å²) in [5.41, 5.74) is -0.710. The van der Waals surface area contributed by atoms with Crippen LogP contribution in [0.5, 0.6) is 0 Å². The first-order valence-corrected chi connectivity index (χ1v) is 14.7. The molecule has 8 nitrogen and oxygen atoms in total. The Balaban J connectivity index is 1.45. The van der Waals surface area contributed by atoms with E-state index in [1.165, 1.54) is 0 Å². The van der Waals surface area contributed by atoms with Gasteiger partial charge in [0, 0.05) is 50.0 Å². The van der Waals surface area contributed by atoms with Gasteiger partial charge in [0.25, 0.3) is 10.1 Å². The minimum atomic E-state index is -4.12. The lowest BCUT2D eigenvalue weighted by Crippen LogP contribution is -2.60. The van der Waals surface area contributed by atoms with Crippen LogP contribution in [0.25, 0.3) is 0 Å². The van der Waals surface area contributed by atoms with Gasteiger partial charge in [-0.15, -0.1) is 0 Å². The molecule has 3 unspecified atom stereocenters. The van der Waals surface area contributed by atoms with Gasteiger partial charge in [-0.3, -0.25) is 23.7 Å². The third-order valence-corrected chi connectivity index (χ3v) is 11.1. The number of ketones is 3. The van der Waals surface area contributed by atoms with Crippen LogP contribution in [-0.4, -0.2) is 48.5 Å². The van der Waals surface area contributed by atoms with Gasteiger partial charge in [-0.2, -0.15) is 8.42 Å². The number of carbonyl (C=O) groups excluding carboxylic acids is 4. The van der Waals surface area contributed by atoms with Crippen molar-refractivity contribution in [2.45, 2.75) is 78.6 Å². The van der Waals surface area contributed by atoms with E-state index in [0.717, 1.165) is 19.3 Å². The van der Waals surface area contributed by atoms with E-state index < -0.39 is 21.3 Å². The molecule has 9 heteroatoms. The number of hydrogen-bond donors (Lipinski definition) is 2. The van der Waals surface area contributed by atoms with Crippen LogP contribution in [-0.2, 0) is 29.3 Å². The van der Waals surface area contributed by atoms with Crippen molar-refractivity contribution in [2.24, 2.45) is 46.3 Å². The first-order chi connectivity index (χ1) is 16.3. The Morgan fingerprint density at radius 2 is 1.83 bits per heavy atom. The first-order valence-electron chi connectivity index (χ1n) is 13.1. The summed E-state index contributed by atoms with van der Waals surface area (Å²) in [4.78, 5) is 51.5. The van der Waals surface area contributed by atoms with Crippen molar-refractivity contribution in [3.8, 4) is 0 Å². The Morgan fingerprint density at radius 3 is 2.51 bits per heavy atom. The molecule has 8 atom stereocenters. The summed E-state index contributed by atoms with van der Waals surface area (Å²) in [6.07, 6.45) is 5.13. The van der Waals surface area contributed by atoms with Crippen molar-refractivity contribution in [3.63, 3.8) is 0 Å². The smallest absolute Gasteiger partial charge is 0.266 e. The lowest BCUT2D eigenvalue weighted by Gasteiger charge is -2.58. The third-order valence-electron chi connectivity index (χ3n) is 10.4. The van der Waals surface area contributed by atoms with Crippen molar-refractivity contribution >= 4 is 33.4 Å². The van der Waals surface area contributed by atoms with Crippen LogP contribution in [0.2, 0.25) is 0 Å². The minimum absolute atomic E-state index is 0.0210. The third kappa shape index (κ3) is 4.75. The molecule has 0 spiro atoms. The molecule has 4 aliphatic rings. The fraction of sp³-hybridized carbons (Fsp3) is 0.846. The van der Waals surface area contributed by atoms with Crippen LogP contribution in [0, 0.1) is 46.3 Å². The number of carbonyl (C=O) groups is 4.